The molecule has 2 aromatic rings. The summed E-state index contributed by atoms with van der Waals surface area (Å²) in [6.45, 7) is 2.12. The van der Waals surface area contributed by atoms with Gasteiger partial charge in [-0.15, -0.1) is 13.2 Å². The van der Waals surface area contributed by atoms with Crippen LogP contribution in [0, 0.1) is 11.7 Å². The van der Waals surface area contributed by atoms with E-state index in [1.807, 2.05) is 0 Å². The maximum Gasteiger partial charge on any atom is 0.573 e. The first-order chi connectivity index (χ1) is 12.4. The highest BCUT2D eigenvalue weighted by Gasteiger charge is 2.33. The van der Waals surface area contributed by atoms with Crippen LogP contribution in [-0.4, -0.2) is 6.36 Å². The number of halogens is 4. The first-order valence-corrected chi connectivity index (χ1v) is 8.99. The predicted octanol–water partition coefficient (Wildman–Crippen LogP) is 6.02. The fourth-order valence-corrected chi connectivity index (χ4v) is 3.63. The lowest BCUT2D eigenvalue weighted by Crippen LogP contribution is -2.20. The predicted molar refractivity (Wildman–Crippen MR) is 92.7 cm³/mol. The van der Waals surface area contributed by atoms with Crippen molar-refractivity contribution in [3.63, 3.8) is 0 Å². The molecule has 1 unspecified atom stereocenters. The van der Waals surface area contributed by atoms with E-state index < -0.39 is 17.9 Å². The zero-order valence-electron chi connectivity index (χ0n) is 14.7. The normalized spacial score (nSPS) is 17.0. The molecule has 0 bridgehead atoms. The van der Waals surface area contributed by atoms with Gasteiger partial charge in [0.05, 0.1) is 0 Å². The molecule has 0 spiro atoms. The number of ether oxygens (including phenoxy) is 1. The van der Waals surface area contributed by atoms with Crippen molar-refractivity contribution in [2.45, 2.75) is 51.8 Å². The minimum atomic E-state index is -4.88. The van der Waals surface area contributed by atoms with Gasteiger partial charge in [-0.25, -0.2) is 4.39 Å². The van der Waals surface area contributed by atoms with E-state index in [1.165, 1.54) is 11.1 Å². The van der Waals surface area contributed by atoms with Gasteiger partial charge in [-0.05, 0) is 72.8 Å². The Morgan fingerprint density at radius 3 is 2.38 bits per heavy atom. The van der Waals surface area contributed by atoms with Crippen LogP contribution in [0.3, 0.4) is 0 Å². The van der Waals surface area contributed by atoms with Crippen LogP contribution < -0.4 is 4.74 Å². The molecule has 1 nitrogen and oxygen atoms in total. The van der Waals surface area contributed by atoms with E-state index >= 15 is 0 Å². The number of hydrogen-bond acceptors (Lipinski definition) is 1. The van der Waals surface area contributed by atoms with Crippen molar-refractivity contribution >= 4 is 0 Å². The lowest BCUT2D eigenvalue weighted by molar-refractivity contribution is -0.275. The van der Waals surface area contributed by atoms with Gasteiger partial charge in [0.25, 0.3) is 0 Å². The van der Waals surface area contributed by atoms with E-state index in [-0.39, 0.29) is 0 Å². The summed E-state index contributed by atoms with van der Waals surface area (Å²) < 4.78 is 55.1. The molecule has 5 heteroatoms. The van der Waals surface area contributed by atoms with Crippen LogP contribution in [0.5, 0.6) is 5.75 Å². The third-order valence-electron chi connectivity index (χ3n) is 5.11. The van der Waals surface area contributed by atoms with Gasteiger partial charge in [-0.3, -0.25) is 0 Å². The monoisotopic (exact) mass is 366 g/mol. The van der Waals surface area contributed by atoms with Crippen LogP contribution in [0.25, 0.3) is 0 Å². The average molecular weight is 366 g/mol. The molecular weight excluding hydrogens is 344 g/mol. The van der Waals surface area contributed by atoms with Gasteiger partial charge >= 0.3 is 6.36 Å². The van der Waals surface area contributed by atoms with E-state index in [4.69, 9.17) is 0 Å². The van der Waals surface area contributed by atoms with Crippen molar-refractivity contribution in [1.82, 2.24) is 0 Å². The van der Waals surface area contributed by atoms with Gasteiger partial charge in [0.1, 0.15) is 0 Å². The number of rotatable bonds is 5. The van der Waals surface area contributed by atoms with Gasteiger partial charge in [0.2, 0.25) is 0 Å². The minimum Gasteiger partial charge on any atom is -0.403 e. The summed E-state index contributed by atoms with van der Waals surface area (Å²) in [6, 6.07) is 11.2. The molecule has 0 amide bonds. The molecule has 0 heterocycles. The topological polar surface area (TPSA) is 9.23 Å². The SMILES string of the molecule is CCc1ccc(CCC2CCc3c(ccc(OC(F)(F)F)c3F)C2)cc1. The molecule has 3 rings (SSSR count). The number of alkyl halides is 3. The smallest absolute Gasteiger partial charge is 0.403 e. The molecule has 1 aliphatic rings. The minimum absolute atomic E-state index is 0.371. The van der Waals surface area contributed by atoms with Crippen LogP contribution in [0.15, 0.2) is 36.4 Å². The Kier molecular flexibility index (Phi) is 5.54. The third-order valence-corrected chi connectivity index (χ3v) is 5.11. The summed E-state index contributed by atoms with van der Waals surface area (Å²) in [5.41, 5.74) is 3.77. The maximum atomic E-state index is 14.3. The first kappa shape index (κ1) is 18.7. The van der Waals surface area contributed by atoms with Gasteiger partial charge in [0, 0.05) is 0 Å². The van der Waals surface area contributed by atoms with E-state index in [0.717, 1.165) is 37.3 Å². The Balaban J connectivity index is 1.63. The maximum absolute atomic E-state index is 14.3. The molecule has 0 fully saturated rings. The Morgan fingerprint density at radius 2 is 1.73 bits per heavy atom. The highest BCUT2D eigenvalue weighted by molar-refractivity contribution is 5.39. The molecule has 0 radical (unpaired) electrons. The van der Waals surface area contributed by atoms with Gasteiger partial charge in [-0.1, -0.05) is 37.3 Å². The summed E-state index contributed by atoms with van der Waals surface area (Å²) in [7, 11) is 0. The molecule has 0 aromatic heterocycles. The van der Waals surface area contributed by atoms with Crippen molar-refractivity contribution in [3.8, 4) is 5.75 Å². The van der Waals surface area contributed by atoms with E-state index in [1.54, 1.807) is 6.07 Å². The molecular formula is C21H22F4O. The van der Waals surface area contributed by atoms with E-state index in [0.29, 0.717) is 24.3 Å². The van der Waals surface area contributed by atoms with Crippen LogP contribution in [0.4, 0.5) is 17.6 Å². The molecule has 1 atom stereocenters. The number of benzene rings is 2. The lowest BCUT2D eigenvalue weighted by Gasteiger charge is -2.26. The second-order valence-corrected chi connectivity index (χ2v) is 6.88. The van der Waals surface area contributed by atoms with Gasteiger partial charge < -0.3 is 4.74 Å². The van der Waals surface area contributed by atoms with Crippen LogP contribution in [-0.2, 0) is 25.7 Å². The molecule has 2 aromatic carbocycles. The largest absolute Gasteiger partial charge is 0.573 e. The standard InChI is InChI=1S/C21H22F4O/c1-2-14-3-5-15(6-4-14)7-8-16-9-11-18-17(13-16)10-12-19(20(18)22)26-21(23,24)25/h3-6,10,12,16H,2,7-9,11,13H2,1H3. The fraction of sp³-hybridized carbons (Fsp3) is 0.429. The van der Waals surface area contributed by atoms with Gasteiger partial charge in [-0.2, -0.15) is 0 Å². The van der Waals surface area contributed by atoms with Crippen molar-refractivity contribution in [1.29, 1.82) is 0 Å². The average Bonchev–Trinajstić information content (AvgIpc) is 2.62. The summed E-state index contributed by atoms with van der Waals surface area (Å²) >= 11 is 0. The van der Waals surface area contributed by atoms with Crippen molar-refractivity contribution in [3.05, 3.63) is 64.5 Å². The van der Waals surface area contributed by atoms with E-state index in [2.05, 4.69) is 35.9 Å². The lowest BCUT2D eigenvalue weighted by atomic mass is 9.80. The highest BCUT2D eigenvalue weighted by Crippen LogP contribution is 2.35. The van der Waals surface area contributed by atoms with Crippen LogP contribution in [0.2, 0.25) is 0 Å². The Hall–Kier alpha value is -2.04. The molecule has 140 valence electrons. The molecule has 26 heavy (non-hydrogen) atoms. The second-order valence-electron chi connectivity index (χ2n) is 6.88. The van der Waals surface area contributed by atoms with Gasteiger partial charge in [0.15, 0.2) is 11.6 Å². The van der Waals surface area contributed by atoms with Crippen LogP contribution >= 0.6 is 0 Å². The number of hydrogen-bond donors (Lipinski definition) is 0. The van der Waals surface area contributed by atoms with Crippen molar-refractivity contribution in [2.24, 2.45) is 5.92 Å². The summed E-state index contributed by atoms with van der Waals surface area (Å²) in [5, 5.41) is 0. The molecule has 0 aliphatic heterocycles. The van der Waals surface area contributed by atoms with Crippen molar-refractivity contribution < 1.29 is 22.3 Å². The Bertz CT molecular complexity index is 750. The van der Waals surface area contributed by atoms with Crippen LogP contribution in [0.1, 0.15) is 42.0 Å². The van der Waals surface area contributed by atoms with Crippen molar-refractivity contribution in [2.75, 3.05) is 0 Å². The highest BCUT2D eigenvalue weighted by atomic mass is 19.4. The number of fused-ring (bicyclic) bond motifs is 1. The molecule has 0 saturated heterocycles. The summed E-state index contributed by atoms with van der Waals surface area (Å²) in [5.74, 6) is -1.18. The zero-order valence-corrected chi connectivity index (χ0v) is 14.7. The summed E-state index contributed by atoms with van der Waals surface area (Å²) in [4.78, 5) is 0. The molecule has 0 N–H and O–H groups in total. The molecule has 1 aliphatic carbocycles. The first-order valence-electron chi connectivity index (χ1n) is 8.99. The summed E-state index contributed by atoms with van der Waals surface area (Å²) in [6.07, 6.45) is 0.0354. The second kappa shape index (κ2) is 7.68. The van der Waals surface area contributed by atoms with E-state index in [9.17, 15) is 17.6 Å². The molecule has 0 saturated carbocycles. The number of aryl methyl sites for hydroxylation is 2. The Labute approximate surface area is 151 Å². The quantitative estimate of drug-likeness (QED) is 0.588. The third kappa shape index (κ3) is 4.57. The Morgan fingerprint density at radius 1 is 1.04 bits per heavy atom. The fourth-order valence-electron chi connectivity index (χ4n) is 3.63. The zero-order chi connectivity index (χ0) is 18.7.